The molecule has 2 unspecified atom stereocenters. The minimum absolute atomic E-state index is 0.297. The van der Waals surface area contributed by atoms with Crippen molar-refractivity contribution in [1.82, 2.24) is 19.1 Å². The van der Waals surface area contributed by atoms with Crippen LogP contribution in [0.2, 0.25) is 0 Å². The van der Waals surface area contributed by atoms with Gasteiger partial charge in [0.15, 0.2) is 5.82 Å². The molecule has 12 aromatic rings. The average molecular weight is 789 g/mol. The summed E-state index contributed by atoms with van der Waals surface area (Å²) in [6.45, 7) is 0. The number of allylic oxidation sites excluding steroid dienone is 4. The van der Waals surface area contributed by atoms with Crippen LogP contribution in [-0.4, -0.2) is 19.1 Å². The fourth-order valence-corrected chi connectivity index (χ4v) is 10.9. The van der Waals surface area contributed by atoms with Gasteiger partial charge in [-0.3, -0.25) is 4.57 Å². The first-order valence-corrected chi connectivity index (χ1v) is 21.5. The van der Waals surface area contributed by atoms with Gasteiger partial charge in [0.1, 0.15) is 5.82 Å². The van der Waals surface area contributed by atoms with E-state index in [0.717, 1.165) is 39.0 Å². The zero-order chi connectivity index (χ0) is 40.5. The smallest absolute Gasteiger partial charge is 0.162 e. The first-order chi connectivity index (χ1) is 30.7. The lowest BCUT2D eigenvalue weighted by Gasteiger charge is -2.34. The zero-order valence-corrected chi connectivity index (χ0v) is 33.6. The first-order valence-electron chi connectivity index (χ1n) is 21.5. The van der Waals surface area contributed by atoms with Gasteiger partial charge < -0.3 is 4.57 Å². The van der Waals surface area contributed by atoms with Gasteiger partial charge in [-0.25, -0.2) is 9.97 Å². The molecule has 14 rings (SSSR count). The van der Waals surface area contributed by atoms with E-state index in [9.17, 15) is 0 Å². The molecule has 0 aliphatic heterocycles. The summed E-state index contributed by atoms with van der Waals surface area (Å²) < 4.78 is 4.85. The van der Waals surface area contributed by atoms with Crippen LogP contribution in [0.25, 0.3) is 110 Å². The third-order valence-electron chi connectivity index (χ3n) is 13.6. The average Bonchev–Trinajstić information content (AvgIpc) is 3.85. The molecule has 288 valence electrons. The van der Waals surface area contributed by atoms with Crippen LogP contribution in [0.5, 0.6) is 0 Å². The third-order valence-corrected chi connectivity index (χ3v) is 13.6. The highest BCUT2D eigenvalue weighted by molar-refractivity contribution is 6.19. The molecule has 3 heterocycles. The minimum atomic E-state index is 0.297. The molecule has 0 bridgehead atoms. The van der Waals surface area contributed by atoms with E-state index in [0.29, 0.717) is 17.7 Å². The second-order valence-corrected chi connectivity index (χ2v) is 16.9. The lowest BCUT2D eigenvalue weighted by Crippen LogP contribution is -2.16. The molecular formula is C58H36N4. The summed E-state index contributed by atoms with van der Waals surface area (Å²) in [4.78, 5) is 10.9. The SMILES string of the molecule is C1=CC2c3ccccc3-c3cc(-c4nc(-n5c6ccc(-n7c8ccccc8c8ccc9ccccc9c87)cc6c6cc7ccccc7cc65)c5ccccc5n4)ccc3C2C=C1. The van der Waals surface area contributed by atoms with Crippen LogP contribution in [0, 0.1) is 0 Å². The van der Waals surface area contributed by atoms with Gasteiger partial charge in [-0.1, -0.05) is 152 Å². The van der Waals surface area contributed by atoms with Crippen molar-refractivity contribution in [3.05, 3.63) is 217 Å². The first kappa shape index (κ1) is 33.7. The Labute approximate surface area is 357 Å². The zero-order valence-electron chi connectivity index (χ0n) is 33.6. The number of aromatic nitrogens is 4. The van der Waals surface area contributed by atoms with E-state index < -0.39 is 0 Å². The number of para-hydroxylation sites is 2. The Morgan fingerprint density at radius 1 is 0.387 bits per heavy atom. The lowest BCUT2D eigenvalue weighted by molar-refractivity contribution is 0.720. The van der Waals surface area contributed by atoms with Gasteiger partial charge >= 0.3 is 0 Å². The van der Waals surface area contributed by atoms with Gasteiger partial charge in [0.05, 0.1) is 27.6 Å². The Balaban J connectivity index is 1.04. The maximum absolute atomic E-state index is 5.59. The van der Waals surface area contributed by atoms with Gasteiger partial charge in [0, 0.05) is 55.4 Å². The van der Waals surface area contributed by atoms with Gasteiger partial charge in [-0.2, -0.15) is 0 Å². The van der Waals surface area contributed by atoms with Crippen LogP contribution >= 0.6 is 0 Å². The predicted octanol–water partition coefficient (Wildman–Crippen LogP) is 14.8. The van der Waals surface area contributed by atoms with E-state index in [1.807, 2.05) is 0 Å². The second-order valence-electron chi connectivity index (χ2n) is 16.9. The van der Waals surface area contributed by atoms with Gasteiger partial charge in [-0.05, 0) is 93.0 Å². The number of benzene rings is 9. The summed E-state index contributed by atoms with van der Waals surface area (Å²) in [5.74, 6) is 2.21. The Morgan fingerprint density at radius 3 is 1.94 bits per heavy atom. The van der Waals surface area contributed by atoms with E-state index >= 15 is 0 Å². The molecule has 62 heavy (non-hydrogen) atoms. The lowest BCUT2D eigenvalue weighted by atomic mass is 9.70. The Morgan fingerprint density at radius 2 is 1.06 bits per heavy atom. The molecule has 2 atom stereocenters. The monoisotopic (exact) mass is 788 g/mol. The summed E-state index contributed by atoms with van der Waals surface area (Å²) in [6, 6.07) is 66.6. The van der Waals surface area contributed by atoms with Crippen molar-refractivity contribution in [2.45, 2.75) is 11.8 Å². The van der Waals surface area contributed by atoms with Crippen molar-refractivity contribution in [2.24, 2.45) is 0 Å². The van der Waals surface area contributed by atoms with E-state index in [1.165, 1.54) is 76.4 Å². The number of nitrogens with zero attached hydrogens (tertiary/aromatic N) is 4. The van der Waals surface area contributed by atoms with Gasteiger partial charge in [-0.15, -0.1) is 0 Å². The highest BCUT2D eigenvalue weighted by atomic mass is 15.1. The summed E-state index contributed by atoms with van der Waals surface area (Å²) in [5, 5.41) is 10.7. The maximum Gasteiger partial charge on any atom is 0.162 e. The van der Waals surface area contributed by atoms with E-state index in [1.54, 1.807) is 0 Å². The number of hydrogen-bond acceptors (Lipinski definition) is 2. The van der Waals surface area contributed by atoms with Crippen molar-refractivity contribution in [2.75, 3.05) is 0 Å². The van der Waals surface area contributed by atoms with Crippen LogP contribution in [0.1, 0.15) is 23.0 Å². The summed E-state index contributed by atoms with van der Waals surface area (Å²) >= 11 is 0. The number of fused-ring (bicyclic) bond motifs is 16. The van der Waals surface area contributed by atoms with Crippen LogP contribution in [0.15, 0.2) is 206 Å². The van der Waals surface area contributed by atoms with E-state index in [2.05, 4.69) is 215 Å². The number of rotatable bonds is 3. The topological polar surface area (TPSA) is 35.6 Å². The molecule has 2 aliphatic carbocycles. The molecular weight excluding hydrogens is 753 g/mol. The van der Waals surface area contributed by atoms with Crippen LogP contribution in [0.3, 0.4) is 0 Å². The van der Waals surface area contributed by atoms with Crippen LogP contribution < -0.4 is 0 Å². The van der Waals surface area contributed by atoms with E-state index in [-0.39, 0.29) is 0 Å². The van der Waals surface area contributed by atoms with Gasteiger partial charge in [0.25, 0.3) is 0 Å². The Hall–Kier alpha value is -8.08. The van der Waals surface area contributed by atoms with Crippen molar-refractivity contribution in [1.29, 1.82) is 0 Å². The van der Waals surface area contributed by atoms with Crippen molar-refractivity contribution < 1.29 is 0 Å². The quantitative estimate of drug-likeness (QED) is 0.179. The summed E-state index contributed by atoms with van der Waals surface area (Å²) in [7, 11) is 0. The molecule has 0 saturated carbocycles. The molecule has 0 saturated heterocycles. The second kappa shape index (κ2) is 12.7. The van der Waals surface area contributed by atoms with Gasteiger partial charge in [0.2, 0.25) is 0 Å². The van der Waals surface area contributed by atoms with Crippen molar-refractivity contribution in [3.63, 3.8) is 0 Å². The molecule has 0 radical (unpaired) electrons. The Kier molecular flexibility index (Phi) is 6.92. The summed E-state index contributed by atoms with van der Waals surface area (Å²) in [5.41, 5.74) is 12.9. The predicted molar refractivity (Wildman–Crippen MR) is 258 cm³/mol. The van der Waals surface area contributed by atoms with Crippen molar-refractivity contribution >= 4 is 76.1 Å². The fourth-order valence-electron chi connectivity index (χ4n) is 10.9. The maximum atomic E-state index is 5.59. The summed E-state index contributed by atoms with van der Waals surface area (Å²) in [6.07, 6.45) is 9.08. The largest absolute Gasteiger partial charge is 0.309 e. The van der Waals surface area contributed by atoms with E-state index in [4.69, 9.17) is 9.97 Å². The standard InChI is InChI=1S/C58H36N4/c1-2-15-37-33-55-50(31-36(37)14-1)51-34-39(61-53-24-12-10-21-46(53)47-29-25-35-13-3-4-16-40(35)56(47)61)27-30-54(51)62(55)58-48-22-9-11-23-52(48)59-57(60-58)38-26-28-45-43-19-6-5-17-41(43)42-18-7-8-20-44(42)49(45)32-38/h1-34,41,43H. The third kappa shape index (κ3) is 4.72. The molecule has 4 heteroatoms. The highest BCUT2D eigenvalue weighted by Gasteiger charge is 2.32. The molecule has 9 aromatic carbocycles. The fraction of sp³-hybridized carbons (Fsp3) is 0.0345. The normalized spacial score (nSPS) is 15.6. The molecule has 4 nitrogen and oxygen atoms in total. The number of hydrogen-bond donors (Lipinski definition) is 0. The van der Waals surface area contributed by atoms with Crippen LogP contribution in [-0.2, 0) is 0 Å². The Bertz CT molecular complexity index is 3950. The highest BCUT2D eigenvalue weighted by Crippen LogP contribution is 2.50. The molecule has 0 amide bonds. The molecule has 0 spiro atoms. The molecule has 0 N–H and O–H groups in total. The molecule has 3 aromatic heterocycles. The molecule has 2 aliphatic rings. The van der Waals surface area contributed by atoms with Crippen LogP contribution in [0.4, 0.5) is 0 Å². The van der Waals surface area contributed by atoms with Crippen molar-refractivity contribution in [3.8, 4) is 34.0 Å². The minimum Gasteiger partial charge on any atom is -0.309 e. The molecule has 0 fully saturated rings.